The zero-order chi connectivity index (χ0) is 23.1. The monoisotopic (exact) mass is 480 g/mol. The average Bonchev–Trinajstić information content (AvgIpc) is 2.78. The Morgan fingerprint density at radius 3 is 2.28 bits per heavy atom. The summed E-state index contributed by atoms with van der Waals surface area (Å²) in [4.78, 5) is 26.2. The molecule has 1 aliphatic rings. The van der Waals surface area contributed by atoms with Gasteiger partial charge < -0.3 is 20.7 Å². The number of nitrogens with one attached hydrogen (secondary N) is 2. The molecule has 9 nitrogen and oxygen atoms in total. The summed E-state index contributed by atoms with van der Waals surface area (Å²) in [5.41, 5.74) is 6.70. The van der Waals surface area contributed by atoms with Gasteiger partial charge in [-0.05, 0) is 55.0 Å². The Balaban J connectivity index is 1.71. The van der Waals surface area contributed by atoms with E-state index in [2.05, 4.69) is 14.9 Å². The summed E-state index contributed by atoms with van der Waals surface area (Å²) in [5, 5.41) is 3.08. The molecule has 172 valence electrons. The van der Waals surface area contributed by atoms with Gasteiger partial charge >= 0.3 is 0 Å². The fourth-order valence-corrected chi connectivity index (χ4v) is 4.56. The maximum atomic E-state index is 12.8. The standard InChI is InChI=1S/C21H25ClN4O5S/c22-15-1-7-18(8-2-15)32(29,30)25-19(9-10-20(23)27)21(28)24-16-3-5-17(6-4-16)26-11-13-31-14-12-26/h1-8,19,25H,9-14H2,(H2,23,27)(H,24,28)/t19-/m0/s1. The number of primary amides is 1. The molecule has 0 radical (unpaired) electrons. The van der Waals surface area contributed by atoms with Gasteiger partial charge in [-0.1, -0.05) is 11.6 Å². The van der Waals surface area contributed by atoms with E-state index in [1.807, 2.05) is 12.1 Å². The summed E-state index contributed by atoms with van der Waals surface area (Å²) < 4.78 is 33.1. The molecular formula is C21H25ClN4O5S. The lowest BCUT2D eigenvalue weighted by atomic mass is 10.1. The number of rotatable bonds is 9. The topological polar surface area (TPSA) is 131 Å². The minimum atomic E-state index is -4.02. The fraction of sp³-hybridized carbons (Fsp3) is 0.333. The van der Waals surface area contributed by atoms with Gasteiger partial charge in [0.1, 0.15) is 6.04 Å². The van der Waals surface area contributed by atoms with Crippen molar-refractivity contribution in [3.05, 3.63) is 53.6 Å². The first-order valence-corrected chi connectivity index (χ1v) is 11.9. The number of anilines is 2. The maximum Gasteiger partial charge on any atom is 0.242 e. The van der Waals surface area contributed by atoms with Gasteiger partial charge in [-0.2, -0.15) is 4.72 Å². The molecule has 2 aromatic rings. The lowest BCUT2D eigenvalue weighted by Gasteiger charge is -2.29. The lowest BCUT2D eigenvalue weighted by Crippen LogP contribution is -2.44. The normalized spacial score (nSPS) is 15.2. The number of morpholine rings is 1. The van der Waals surface area contributed by atoms with Crippen LogP contribution in [0, 0.1) is 0 Å². The van der Waals surface area contributed by atoms with Gasteiger partial charge in [-0.25, -0.2) is 8.42 Å². The number of nitrogens with zero attached hydrogens (tertiary/aromatic N) is 1. The number of carbonyl (C=O) groups is 2. The summed E-state index contributed by atoms with van der Waals surface area (Å²) in [6, 6.07) is 11.6. The molecule has 2 amide bonds. The zero-order valence-corrected chi connectivity index (χ0v) is 18.9. The molecule has 1 atom stereocenters. The zero-order valence-electron chi connectivity index (χ0n) is 17.3. The molecule has 0 aromatic heterocycles. The van der Waals surface area contributed by atoms with Crippen LogP contribution in [0.15, 0.2) is 53.4 Å². The van der Waals surface area contributed by atoms with Gasteiger partial charge in [0.25, 0.3) is 0 Å². The third-order valence-electron chi connectivity index (χ3n) is 4.93. The number of amides is 2. The van der Waals surface area contributed by atoms with Gasteiger partial charge in [-0.15, -0.1) is 0 Å². The molecule has 0 bridgehead atoms. The van der Waals surface area contributed by atoms with E-state index in [1.54, 1.807) is 12.1 Å². The number of hydrogen-bond acceptors (Lipinski definition) is 6. The Morgan fingerprint density at radius 1 is 1.06 bits per heavy atom. The van der Waals surface area contributed by atoms with Crippen molar-refractivity contribution in [3.8, 4) is 0 Å². The SMILES string of the molecule is NC(=O)CC[C@H](NS(=O)(=O)c1ccc(Cl)cc1)C(=O)Nc1ccc(N2CCOCC2)cc1. The highest BCUT2D eigenvalue weighted by molar-refractivity contribution is 7.89. The Morgan fingerprint density at radius 2 is 1.69 bits per heavy atom. The van der Waals surface area contributed by atoms with Crippen LogP contribution in [0.25, 0.3) is 0 Å². The molecule has 0 unspecified atom stereocenters. The van der Waals surface area contributed by atoms with Crippen molar-refractivity contribution in [2.45, 2.75) is 23.8 Å². The van der Waals surface area contributed by atoms with Crippen LogP contribution in [0.5, 0.6) is 0 Å². The molecule has 0 spiro atoms. The highest BCUT2D eigenvalue weighted by Crippen LogP contribution is 2.20. The van der Waals surface area contributed by atoms with Gasteiger partial charge in [0.2, 0.25) is 21.8 Å². The van der Waals surface area contributed by atoms with Crippen LogP contribution in [0.4, 0.5) is 11.4 Å². The van der Waals surface area contributed by atoms with Crippen LogP contribution < -0.4 is 20.7 Å². The molecular weight excluding hydrogens is 456 g/mol. The van der Waals surface area contributed by atoms with E-state index in [0.717, 1.165) is 18.8 Å². The largest absolute Gasteiger partial charge is 0.378 e. The molecule has 0 saturated carbocycles. The van der Waals surface area contributed by atoms with Crippen molar-refractivity contribution in [2.24, 2.45) is 5.73 Å². The van der Waals surface area contributed by atoms with E-state index in [-0.39, 0.29) is 17.7 Å². The Bertz CT molecular complexity index is 1040. The number of nitrogens with two attached hydrogens (primary N) is 1. The predicted molar refractivity (Wildman–Crippen MR) is 122 cm³/mol. The van der Waals surface area contributed by atoms with E-state index < -0.39 is 27.9 Å². The number of hydrogen-bond donors (Lipinski definition) is 3. The Hall–Kier alpha value is -2.66. The Labute approximate surface area is 191 Å². The second-order valence-electron chi connectivity index (χ2n) is 7.27. The van der Waals surface area contributed by atoms with Gasteiger partial charge in [-0.3, -0.25) is 9.59 Å². The summed E-state index contributed by atoms with van der Waals surface area (Å²) in [7, 11) is -4.02. The van der Waals surface area contributed by atoms with Crippen molar-refractivity contribution < 1.29 is 22.7 Å². The van der Waals surface area contributed by atoms with E-state index in [4.69, 9.17) is 22.1 Å². The summed E-state index contributed by atoms with van der Waals surface area (Å²) in [6.07, 6.45) is -0.239. The molecule has 4 N–H and O–H groups in total. The molecule has 3 rings (SSSR count). The quantitative estimate of drug-likeness (QED) is 0.501. The second-order valence-corrected chi connectivity index (χ2v) is 9.42. The Kier molecular flexibility index (Phi) is 8.08. The maximum absolute atomic E-state index is 12.8. The van der Waals surface area contributed by atoms with E-state index in [1.165, 1.54) is 24.3 Å². The van der Waals surface area contributed by atoms with Crippen molar-refractivity contribution in [2.75, 3.05) is 36.5 Å². The summed E-state index contributed by atoms with van der Waals surface area (Å²) in [6.45, 7) is 2.89. The third kappa shape index (κ3) is 6.67. The first-order valence-electron chi connectivity index (χ1n) is 10.0. The van der Waals surface area contributed by atoms with Crippen LogP contribution >= 0.6 is 11.6 Å². The highest BCUT2D eigenvalue weighted by Gasteiger charge is 2.26. The molecule has 2 aromatic carbocycles. The molecule has 1 fully saturated rings. The molecule has 1 aliphatic heterocycles. The molecule has 11 heteroatoms. The van der Waals surface area contributed by atoms with E-state index in [9.17, 15) is 18.0 Å². The van der Waals surface area contributed by atoms with Crippen LogP contribution in [0.1, 0.15) is 12.8 Å². The first kappa shape index (κ1) is 24.0. The summed E-state index contributed by atoms with van der Waals surface area (Å²) >= 11 is 5.81. The number of benzene rings is 2. The minimum absolute atomic E-state index is 0.0476. The lowest BCUT2D eigenvalue weighted by molar-refractivity contribution is -0.119. The molecule has 1 heterocycles. The predicted octanol–water partition coefficient (Wildman–Crippen LogP) is 1.73. The minimum Gasteiger partial charge on any atom is -0.378 e. The third-order valence-corrected chi connectivity index (χ3v) is 6.67. The summed E-state index contributed by atoms with van der Waals surface area (Å²) in [5.74, 6) is -1.23. The van der Waals surface area contributed by atoms with Crippen molar-refractivity contribution in [1.82, 2.24) is 4.72 Å². The fourth-order valence-electron chi connectivity index (χ4n) is 3.21. The van der Waals surface area contributed by atoms with E-state index in [0.29, 0.717) is 23.9 Å². The van der Waals surface area contributed by atoms with Crippen molar-refractivity contribution in [3.63, 3.8) is 0 Å². The van der Waals surface area contributed by atoms with Crippen LogP contribution in [-0.4, -0.2) is 52.6 Å². The van der Waals surface area contributed by atoms with Gasteiger partial charge in [0.15, 0.2) is 0 Å². The first-order chi connectivity index (χ1) is 15.2. The molecule has 1 saturated heterocycles. The van der Waals surface area contributed by atoms with Crippen molar-refractivity contribution in [1.29, 1.82) is 0 Å². The van der Waals surface area contributed by atoms with Crippen LogP contribution in [0.2, 0.25) is 5.02 Å². The number of sulfonamides is 1. The molecule has 0 aliphatic carbocycles. The smallest absolute Gasteiger partial charge is 0.242 e. The average molecular weight is 481 g/mol. The number of halogens is 1. The number of carbonyl (C=O) groups excluding carboxylic acids is 2. The van der Waals surface area contributed by atoms with E-state index >= 15 is 0 Å². The van der Waals surface area contributed by atoms with Crippen LogP contribution in [0.3, 0.4) is 0 Å². The van der Waals surface area contributed by atoms with Gasteiger partial charge in [0.05, 0.1) is 18.1 Å². The second kappa shape index (κ2) is 10.8. The van der Waals surface area contributed by atoms with Crippen molar-refractivity contribution >= 4 is 44.8 Å². The van der Waals surface area contributed by atoms with Gasteiger partial charge in [0, 0.05) is 35.9 Å². The van der Waals surface area contributed by atoms with Crippen LogP contribution in [-0.2, 0) is 24.3 Å². The number of ether oxygens (including phenoxy) is 1. The molecule has 32 heavy (non-hydrogen) atoms. The highest BCUT2D eigenvalue weighted by atomic mass is 35.5.